The van der Waals surface area contributed by atoms with Gasteiger partial charge in [-0.3, -0.25) is 9.69 Å². The van der Waals surface area contributed by atoms with Crippen LogP contribution in [0.3, 0.4) is 0 Å². The zero-order chi connectivity index (χ0) is 13.8. The molecule has 1 fully saturated rings. The number of rotatable bonds is 6. The molecule has 6 nitrogen and oxygen atoms in total. The molecular weight excluding hydrogens is 256 g/mol. The van der Waals surface area contributed by atoms with E-state index in [9.17, 15) is 18.3 Å². The summed E-state index contributed by atoms with van der Waals surface area (Å²) in [6, 6.07) is -0.480. The molecule has 1 aliphatic heterocycles. The van der Waals surface area contributed by atoms with Crippen molar-refractivity contribution in [2.24, 2.45) is 0 Å². The Morgan fingerprint density at radius 2 is 1.83 bits per heavy atom. The van der Waals surface area contributed by atoms with E-state index in [1.54, 1.807) is 0 Å². The van der Waals surface area contributed by atoms with Gasteiger partial charge in [0.2, 0.25) is 10.0 Å². The standard InChI is InChI=1S/C11H22N2O4S/c1-3-4-5-10(11(14)15)12-6-8-13(9-7-12)18(2,16)17/h10H,3-9H2,1-2H3,(H,14,15). The topological polar surface area (TPSA) is 77.9 Å². The second-order valence-corrected chi connectivity index (χ2v) is 6.68. The van der Waals surface area contributed by atoms with Crippen LogP contribution in [0, 0.1) is 0 Å². The Bertz CT molecular complexity index is 375. The van der Waals surface area contributed by atoms with E-state index in [0.29, 0.717) is 32.6 Å². The third-order valence-corrected chi connectivity index (χ3v) is 4.60. The predicted molar refractivity (Wildman–Crippen MR) is 68.9 cm³/mol. The minimum absolute atomic E-state index is 0.384. The fourth-order valence-corrected chi connectivity index (χ4v) is 3.03. The van der Waals surface area contributed by atoms with Gasteiger partial charge in [-0.1, -0.05) is 19.8 Å². The Labute approximate surface area is 109 Å². The van der Waals surface area contributed by atoms with E-state index >= 15 is 0 Å². The summed E-state index contributed by atoms with van der Waals surface area (Å²) < 4.78 is 24.1. The zero-order valence-electron chi connectivity index (χ0n) is 11.0. The van der Waals surface area contributed by atoms with Crippen molar-refractivity contribution in [2.75, 3.05) is 32.4 Å². The van der Waals surface area contributed by atoms with E-state index in [1.807, 2.05) is 11.8 Å². The van der Waals surface area contributed by atoms with Gasteiger partial charge in [-0.15, -0.1) is 0 Å². The molecule has 1 rings (SSSR count). The summed E-state index contributed by atoms with van der Waals surface area (Å²) in [7, 11) is -3.15. The van der Waals surface area contributed by atoms with Gasteiger partial charge < -0.3 is 5.11 Å². The Kier molecular flexibility index (Phi) is 5.55. The van der Waals surface area contributed by atoms with Crippen molar-refractivity contribution < 1.29 is 18.3 Å². The first-order valence-corrected chi connectivity index (χ1v) is 8.13. The average Bonchev–Trinajstić information content (AvgIpc) is 2.28. The lowest BCUT2D eigenvalue weighted by molar-refractivity contribution is -0.144. The molecule has 0 spiro atoms. The number of carbonyl (C=O) groups is 1. The lowest BCUT2D eigenvalue weighted by Gasteiger charge is -2.36. The quantitative estimate of drug-likeness (QED) is 0.751. The van der Waals surface area contributed by atoms with Crippen molar-refractivity contribution in [3.63, 3.8) is 0 Å². The van der Waals surface area contributed by atoms with Crippen molar-refractivity contribution in [1.29, 1.82) is 0 Å². The van der Waals surface area contributed by atoms with Gasteiger partial charge in [-0.2, -0.15) is 4.31 Å². The molecule has 0 saturated carbocycles. The van der Waals surface area contributed by atoms with Gasteiger partial charge in [0.25, 0.3) is 0 Å². The maximum atomic E-state index is 11.4. The number of carboxylic acids is 1. The number of hydrogen-bond acceptors (Lipinski definition) is 4. The summed E-state index contributed by atoms with van der Waals surface area (Å²) in [6.45, 7) is 3.78. The monoisotopic (exact) mass is 278 g/mol. The molecule has 1 atom stereocenters. The highest BCUT2D eigenvalue weighted by molar-refractivity contribution is 7.88. The largest absolute Gasteiger partial charge is 0.480 e. The number of aliphatic carboxylic acids is 1. The van der Waals surface area contributed by atoms with Crippen molar-refractivity contribution in [3.05, 3.63) is 0 Å². The molecule has 1 saturated heterocycles. The van der Waals surface area contributed by atoms with Crippen LogP contribution in [0.1, 0.15) is 26.2 Å². The van der Waals surface area contributed by atoms with E-state index in [0.717, 1.165) is 12.8 Å². The van der Waals surface area contributed by atoms with Crippen LogP contribution in [-0.4, -0.2) is 67.2 Å². The fourth-order valence-electron chi connectivity index (χ4n) is 2.21. The van der Waals surface area contributed by atoms with E-state index in [2.05, 4.69) is 0 Å². The van der Waals surface area contributed by atoms with Gasteiger partial charge in [0.1, 0.15) is 6.04 Å². The number of piperazine rings is 1. The van der Waals surface area contributed by atoms with Gasteiger partial charge in [-0.05, 0) is 6.42 Å². The van der Waals surface area contributed by atoms with Crippen LogP contribution in [0.25, 0.3) is 0 Å². The van der Waals surface area contributed by atoms with Crippen molar-refractivity contribution in [2.45, 2.75) is 32.2 Å². The molecule has 1 unspecified atom stereocenters. The molecule has 0 radical (unpaired) electrons. The highest BCUT2D eigenvalue weighted by atomic mass is 32.2. The molecule has 0 amide bonds. The number of hydrogen-bond donors (Lipinski definition) is 1. The van der Waals surface area contributed by atoms with Gasteiger partial charge in [0.05, 0.1) is 6.26 Å². The lowest BCUT2D eigenvalue weighted by Crippen LogP contribution is -2.53. The van der Waals surface area contributed by atoms with Crippen LogP contribution in [-0.2, 0) is 14.8 Å². The fraction of sp³-hybridized carbons (Fsp3) is 0.909. The number of unbranched alkanes of at least 4 members (excludes halogenated alkanes) is 1. The SMILES string of the molecule is CCCCC(C(=O)O)N1CCN(S(C)(=O)=O)CC1. The highest BCUT2D eigenvalue weighted by Crippen LogP contribution is 2.14. The highest BCUT2D eigenvalue weighted by Gasteiger charge is 2.30. The van der Waals surface area contributed by atoms with Gasteiger partial charge >= 0.3 is 5.97 Å². The summed E-state index contributed by atoms with van der Waals surface area (Å²) in [6.07, 6.45) is 3.66. The molecule has 18 heavy (non-hydrogen) atoms. The summed E-state index contributed by atoms with van der Waals surface area (Å²) in [4.78, 5) is 13.1. The summed E-state index contributed by atoms with van der Waals surface area (Å²) in [5.74, 6) is -0.809. The van der Waals surface area contributed by atoms with E-state index in [-0.39, 0.29) is 0 Å². The molecular formula is C11H22N2O4S. The predicted octanol–water partition coefficient (Wildman–Crippen LogP) is 0.207. The lowest BCUT2D eigenvalue weighted by atomic mass is 10.1. The number of carboxylic acid groups (broad SMARTS) is 1. The Morgan fingerprint density at radius 3 is 2.22 bits per heavy atom. The first kappa shape index (κ1) is 15.4. The minimum atomic E-state index is -3.15. The maximum Gasteiger partial charge on any atom is 0.320 e. The number of nitrogens with zero attached hydrogens (tertiary/aromatic N) is 2. The van der Waals surface area contributed by atoms with Gasteiger partial charge in [0, 0.05) is 26.2 Å². The van der Waals surface area contributed by atoms with E-state index in [1.165, 1.54) is 10.6 Å². The molecule has 1 heterocycles. The molecule has 7 heteroatoms. The molecule has 0 aromatic rings. The molecule has 0 aromatic carbocycles. The Balaban J connectivity index is 2.56. The molecule has 0 aliphatic carbocycles. The van der Waals surface area contributed by atoms with Crippen LogP contribution in [0.15, 0.2) is 0 Å². The molecule has 0 aromatic heterocycles. The summed E-state index contributed by atoms with van der Waals surface area (Å²) in [5, 5.41) is 9.20. The van der Waals surface area contributed by atoms with Crippen LogP contribution >= 0.6 is 0 Å². The number of sulfonamides is 1. The molecule has 1 aliphatic rings. The van der Waals surface area contributed by atoms with Gasteiger partial charge in [-0.25, -0.2) is 8.42 Å². The Hall–Kier alpha value is -0.660. The third kappa shape index (κ3) is 4.22. The molecule has 0 bridgehead atoms. The Morgan fingerprint density at radius 1 is 1.28 bits per heavy atom. The normalized spacial score (nSPS) is 20.8. The van der Waals surface area contributed by atoms with Crippen LogP contribution in [0.4, 0.5) is 0 Å². The molecule has 106 valence electrons. The molecule has 1 N–H and O–H groups in total. The van der Waals surface area contributed by atoms with Crippen molar-refractivity contribution >= 4 is 16.0 Å². The second kappa shape index (κ2) is 6.49. The first-order valence-electron chi connectivity index (χ1n) is 6.28. The summed E-state index contributed by atoms with van der Waals surface area (Å²) in [5.41, 5.74) is 0. The van der Waals surface area contributed by atoms with Crippen LogP contribution in [0.5, 0.6) is 0 Å². The van der Waals surface area contributed by atoms with Crippen LogP contribution in [0.2, 0.25) is 0 Å². The van der Waals surface area contributed by atoms with E-state index in [4.69, 9.17) is 0 Å². The van der Waals surface area contributed by atoms with Crippen LogP contribution < -0.4 is 0 Å². The average molecular weight is 278 g/mol. The smallest absolute Gasteiger partial charge is 0.320 e. The minimum Gasteiger partial charge on any atom is -0.480 e. The maximum absolute atomic E-state index is 11.4. The van der Waals surface area contributed by atoms with Crippen molar-refractivity contribution in [1.82, 2.24) is 9.21 Å². The third-order valence-electron chi connectivity index (χ3n) is 3.30. The van der Waals surface area contributed by atoms with E-state index < -0.39 is 22.0 Å². The first-order chi connectivity index (χ1) is 8.36. The second-order valence-electron chi connectivity index (χ2n) is 4.69. The zero-order valence-corrected chi connectivity index (χ0v) is 11.8. The van der Waals surface area contributed by atoms with Gasteiger partial charge in [0.15, 0.2) is 0 Å². The summed E-state index contributed by atoms with van der Waals surface area (Å²) >= 11 is 0. The van der Waals surface area contributed by atoms with Crippen molar-refractivity contribution in [3.8, 4) is 0 Å².